The zero-order valence-electron chi connectivity index (χ0n) is 10.6. The maximum atomic E-state index is 12.4. The number of nitrogens with zero attached hydrogens (tertiary/aromatic N) is 3. The van der Waals surface area contributed by atoms with Gasteiger partial charge in [0.05, 0.1) is 11.1 Å². The number of rotatable bonds is 0. The summed E-state index contributed by atoms with van der Waals surface area (Å²) in [4.78, 5) is 21.1. The van der Waals surface area contributed by atoms with Crippen molar-refractivity contribution in [1.29, 1.82) is 0 Å². The van der Waals surface area contributed by atoms with Gasteiger partial charge in [0.15, 0.2) is 5.52 Å². The van der Waals surface area contributed by atoms with Gasteiger partial charge >= 0.3 is 0 Å². The molecule has 6 heteroatoms. The van der Waals surface area contributed by atoms with Gasteiger partial charge in [0.1, 0.15) is 5.82 Å². The fourth-order valence-electron chi connectivity index (χ4n) is 2.40. The minimum absolute atomic E-state index is 0.120. The molecule has 1 aliphatic rings. The Hall–Kier alpha value is -1.27. The predicted molar refractivity (Wildman–Crippen MR) is 75.1 cm³/mol. The van der Waals surface area contributed by atoms with Crippen molar-refractivity contribution in [3.8, 4) is 0 Å². The number of aromatic nitrogens is 3. The summed E-state index contributed by atoms with van der Waals surface area (Å²) in [7, 11) is 0. The molecule has 19 heavy (non-hydrogen) atoms. The average molecular weight is 324 g/mol. The SMILES string of the molecule is CC1(O)CCc2nc3cc(Br)cnc3c(=O)n2CC1. The topological polar surface area (TPSA) is 68.0 Å². The summed E-state index contributed by atoms with van der Waals surface area (Å²) in [5.41, 5.74) is 0.131. The molecule has 3 heterocycles. The number of pyridine rings is 1. The van der Waals surface area contributed by atoms with Crippen LogP contribution in [0.1, 0.15) is 25.6 Å². The molecule has 5 nitrogen and oxygen atoms in total. The van der Waals surface area contributed by atoms with Gasteiger partial charge in [-0.25, -0.2) is 9.97 Å². The van der Waals surface area contributed by atoms with Crippen molar-refractivity contribution in [3.63, 3.8) is 0 Å². The third kappa shape index (κ3) is 2.30. The number of aliphatic hydroxyl groups is 1. The molecule has 2 aromatic rings. The van der Waals surface area contributed by atoms with E-state index in [1.165, 1.54) is 0 Å². The number of halogens is 1. The van der Waals surface area contributed by atoms with E-state index in [4.69, 9.17) is 0 Å². The number of fused-ring (bicyclic) bond motifs is 2. The molecule has 2 aromatic heterocycles. The molecule has 0 aromatic carbocycles. The van der Waals surface area contributed by atoms with Crippen molar-refractivity contribution >= 4 is 27.0 Å². The molecule has 100 valence electrons. The Bertz CT molecular complexity index is 709. The van der Waals surface area contributed by atoms with Crippen molar-refractivity contribution in [1.82, 2.24) is 14.5 Å². The van der Waals surface area contributed by atoms with E-state index < -0.39 is 5.60 Å². The van der Waals surface area contributed by atoms with Gasteiger partial charge in [0, 0.05) is 23.6 Å². The molecule has 1 aliphatic heterocycles. The summed E-state index contributed by atoms with van der Waals surface area (Å²) in [6.45, 7) is 2.29. The van der Waals surface area contributed by atoms with Gasteiger partial charge in [-0.3, -0.25) is 9.36 Å². The van der Waals surface area contributed by atoms with Gasteiger partial charge in [0.25, 0.3) is 5.56 Å². The van der Waals surface area contributed by atoms with Crippen LogP contribution in [-0.4, -0.2) is 25.2 Å². The fraction of sp³-hybridized carbons (Fsp3) is 0.462. The summed E-state index contributed by atoms with van der Waals surface area (Å²) in [6, 6.07) is 1.80. The van der Waals surface area contributed by atoms with E-state index in [9.17, 15) is 9.90 Å². The van der Waals surface area contributed by atoms with Crippen molar-refractivity contribution in [2.45, 2.75) is 38.3 Å². The van der Waals surface area contributed by atoms with E-state index in [1.807, 2.05) is 0 Å². The van der Waals surface area contributed by atoms with Crippen LogP contribution < -0.4 is 5.56 Å². The summed E-state index contributed by atoms with van der Waals surface area (Å²) in [5.74, 6) is 0.732. The maximum absolute atomic E-state index is 12.4. The first-order valence-corrected chi connectivity index (χ1v) is 7.03. The van der Waals surface area contributed by atoms with E-state index in [1.54, 1.807) is 23.8 Å². The van der Waals surface area contributed by atoms with E-state index in [0.29, 0.717) is 36.8 Å². The maximum Gasteiger partial charge on any atom is 0.280 e. The summed E-state index contributed by atoms with van der Waals surface area (Å²) < 4.78 is 2.45. The van der Waals surface area contributed by atoms with E-state index in [2.05, 4.69) is 25.9 Å². The van der Waals surface area contributed by atoms with Crippen LogP contribution in [0.25, 0.3) is 11.0 Å². The predicted octanol–water partition coefficient (Wildman–Crippen LogP) is 1.64. The molecule has 0 saturated heterocycles. The third-order valence-electron chi connectivity index (χ3n) is 3.60. The van der Waals surface area contributed by atoms with Gasteiger partial charge in [0.2, 0.25) is 0 Å². The molecular formula is C13H14BrN3O2. The van der Waals surface area contributed by atoms with Crippen LogP contribution in [0.5, 0.6) is 0 Å². The quantitative estimate of drug-likeness (QED) is 0.800. The molecule has 0 aliphatic carbocycles. The Kier molecular flexibility index (Phi) is 2.94. The molecular weight excluding hydrogens is 310 g/mol. The van der Waals surface area contributed by atoms with Crippen LogP contribution in [0.2, 0.25) is 0 Å². The van der Waals surface area contributed by atoms with E-state index in [-0.39, 0.29) is 5.56 Å². The lowest BCUT2D eigenvalue weighted by atomic mass is 9.97. The highest BCUT2D eigenvalue weighted by Crippen LogP contribution is 2.23. The molecule has 0 fully saturated rings. The highest BCUT2D eigenvalue weighted by atomic mass is 79.9. The zero-order valence-corrected chi connectivity index (χ0v) is 12.1. The van der Waals surface area contributed by atoms with Gasteiger partial charge in [-0.2, -0.15) is 0 Å². The van der Waals surface area contributed by atoms with Crippen LogP contribution in [0.4, 0.5) is 0 Å². The Balaban J connectivity index is 2.22. The molecule has 1 unspecified atom stereocenters. The molecule has 3 rings (SSSR count). The molecule has 0 saturated carbocycles. The first-order valence-electron chi connectivity index (χ1n) is 6.24. The van der Waals surface area contributed by atoms with Crippen molar-refractivity contribution in [2.24, 2.45) is 0 Å². The molecule has 0 radical (unpaired) electrons. The second kappa shape index (κ2) is 4.38. The van der Waals surface area contributed by atoms with Crippen LogP contribution >= 0.6 is 15.9 Å². The summed E-state index contributed by atoms with van der Waals surface area (Å²) in [5, 5.41) is 10.1. The van der Waals surface area contributed by atoms with Crippen LogP contribution in [0.3, 0.4) is 0 Å². The standard InChI is InChI=1S/C13H14BrN3O2/c1-13(19)3-2-10-16-9-6-8(14)7-15-11(9)12(18)17(10)5-4-13/h6-7,19H,2-5H2,1H3. The number of hydrogen-bond acceptors (Lipinski definition) is 4. The van der Waals surface area contributed by atoms with Crippen molar-refractivity contribution < 1.29 is 5.11 Å². The summed E-state index contributed by atoms with van der Waals surface area (Å²) in [6.07, 6.45) is 3.38. The monoisotopic (exact) mass is 323 g/mol. The van der Waals surface area contributed by atoms with Gasteiger partial charge in [-0.05, 0) is 41.8 Å². The smallest absolute Gasteiger partial charge is 0.280 e. The van der Waals surface area contributed by atoms with Crippen molar-refractivity contribution in [2.75, 3.05) is 0 Å². The second-order valence-corrected chi connectivity index (χ2v) is 6.17. The fourth-order valence-corrected chi connectivity index (χ4v) is 2.72. The molecule has 1 N–H and O–H groups in total. The van der Waals surface area contributed by atoms with Crippen LogP contribution in [-0.2, 0) is 13.0 Å². The molecule has 1 atom stereocenters. The second-order valence-electron chi connectivity index (χ2n) is 5.25. The first-order chi connectivity index (χ1) is 8.96. The molecule has 0 amide bonds. The average Bonchev–Trinajstić information content (AvgIpc) is 2.49. The number of hydrogen-bond donors (Lipinski definition) is 1. The van der Waals surface area contributed by atoms with Gasteiger partial charge in [-0.15, -0.1) is 0 Å². The highest BCUT2D eigenvalue weighted by Gasteiger charge is 2.26. The van der Waals surface area contributed by atoms with E-state index >= 15 is 0 Å². The minimum Gasteiger partial charge on any atom is -0.390 e. The normalized spacial score (nSPS) is 23.1. The third-order valence-corrected chi connectivity index (χ3v) is 4.04. The van der Waals surface area contributed by atoms with Crippen LogP contribution in [0, 0.1) is 0 Å². The van der Waals surface area contributed by atoms with E-state index in [0.717, 1.165) is 10.3 Å². The van der Waals surface area contributed by atoms with Gasteiger partial charge in [-0.1, -0.05) is 0 Å². The lowest BCUT2D eigenvalue weighted by Gasteiger charge is -2.19. The Morgan fingerprint density at radius 3 is 3.05 bits per heavy atom. The Morgan fingerprint density at radius 2 is 2.26 bits per heavy atom. The highest BCUT2D eigenvalue weighted by molar-refractivity contribution is 9.10. The largest absolute Gasteiger partial charge is 0.390 e. The zero-order chi connectivity index (χ0) is 13.6. The summed E-state index contributed by atoms with van der Waals surface area (Å²) >= 11 is 3.34. The van der Waals surface area contributed by atoms with Crippen LogP contribution in [0.15, 0.2) is 21.5 Å². The first kappa shape index (κ1) is 12.7. The molecule has 0 spiro atoms. The lowest BCUT2D eigenvalue weighted by Crippen LogP contribution is -2.27. The number of aryl methyl sites for hydroxylation is 1. The molecule has 0 bridgehead atoms. The Morgan fingerprint density at radius 1 is 1.47 bits per heavy atom. The minimum atomic E-state index is -0.736. The van der Waals surface area contributed by atoms with Crippen molar-refractivity contribution in [3.05, 3.63) is 32.9 Å². The lowest BCUT2D eigenvalue weighted by molar-refractivity contribution is 0.0426. The van der Waals surface area contributed by atoms with Gasteiger partial charge < -0.3 is 5.11 Å². The Labute approximate surface area is 118 Å².